The lowest BCUT2D eigenvalue weighted by Crippen LogP contribution is -2.52. The highest BCUT2D eigenvalue weighted by atomic mass is 19.3. The first-order chi connectivity index (χ1) is 15.7. The van der Waals surface area contributed by atoms with Gasteiger partial charge in [-0.2, -0.15) is 17.6 Å². The normalized spacial score (nSPS) is 15.4. The minimum Gasteiger partial charge on any atom is -0.495 e. The Bertz CT molecular complexity index is 1180. The monoisotopic (exact) mass is 463 g/mol. The van der Waals surface area contributed by atoms with Gasteiger partial charge in [0, 0.05) is 30.7 Å². The summed E-state index contributed by atoms with van der Waals surface area (Å²) in [7, 11) is 1.45. The fraction of sp³-hybridized carbons (Fsp3) is 0.182. The van der Waals surface area contributed by atoms with Gasteiger partial charge < -0.3 is 24.8 Å². The molecule has 2 heterocycles. The number of nitrogens with zero attached hydrogens (tertiary/aromatic N) is 1. The Labute approximate surface area is 185 Å². The van der Waals surface area contributed by atoms with Crippen LogP contribution in [0.15, 0.2) is 60.9 Å². The first kappa shape index (κ1) is 22.2. The van der Waals surface area contributed by atoms with Crippen molar-refractivity contribution < 1.29 is 36.6 Å². The van der Waals surface area contributed by atoms with Gasteiger partial charge in [0.2, 0.25) is 0 Å². The Morgan fingerprint density at radius 2 is 1.70 bits per heavy atom. The number of alkyl halides is 4. The number of hydrogen-bond donors (Lipinski definition) is 2. The average Bonchev–Trinajstić information content (AvgIpc) is 2.78. The number of rotatable bonds is 6. The zero-order valence-corrected chi connectivity index (χ0v) is 17.1. The molecule has 0 radical (unpaired) electrons. The zero-order valence-electron chi connectivity index (χ0n) is 17.1. The minimum absolute atomic E-state index is 0.0336. The van der Waals surface area contributed by atoms with Crippen molar-refractivity contribution in [3.63, 3.8) is 0 Å². The first-order valence-corrected chi connectivity index (χ1v) is 9.59. The molecule has 3 aromatic rings. The third-order valence-electron chi connectivity index (χ3n) is 4.73. The van der Waals surface area contributed by atoms with Crippen LogP contribution in [0.3, 0.4) is 0 Å². The molecule has 0 unspecified atom stereocenters. The third-order valence-corrected chi connectivity index (χ3v) is 4.73. The molecule has 0 atom stereocenters. The molecule has 0 fully saturated rings. The number of para-hydroxylation sites is 1. The van der Waals surface area contributed by atoms with Gasteiger partial charge >= 0.3 is 12.2 Å². The standard InChI is InChI=1S/C22H17F4N3O4/c1-31-17-4-2-3-15(19(17)28-12-13-7-9-27-10-8-13)20(30)29-14-5-6-16-18(11-14)33-22(25,26)21(23,24)32-16/h2-11,28H,12H2,1H3,(H,29,30). The number of hydrogen-bond acceptors (Lipinski definition) is 6. The van der Waals surface area contributed by atoms with E-state index >= 15 is 0 Å². The number of fused-ring (bicyclic) bond motifs is 1. The Kier molecular flexibility index (Phi) is 5.71. The van der Waals surface area contributed by atoms with Crippen molar-refractivity contribution in [1.82, 2.24) is 4.98 Å². The summed E-state index contributed by atoms with van der Waals surface area (Å²) < 4.78 is 67.1. The first-order valence-electron chi connectivity index (χ1n) is 9.59. The van der Waals surface area contributed by atoms with Crippen molar-refractivity contribution in [1.29, 1.82) is 0 Å². The Hall–Kier alpha value is -4.02. The second-order valence-corrected chi connectivity index (χ2v) is 6.95. The maximum absolute atomic E-state index is 13.5. The molecule has 0 spiro atoms. The second kappa shape index (κ2) is 8.49. The highest BCUT2D eigenvalue weighted by Crippen LogP contribution is 2.47. The highest BCUT2D eigenvalue weighted by molar-refractivity contribution is 6.09. The van der Waals surface area contributed by atoms with Crippen molar-refractivity contribution in [2.24, 2.45) is 0 Å². The Morgan fingerprint density at radius 3 is 2.39 bits per heavy atom. The largest absolute Gasteiger partial charge is 0.507 e. The third kappa shape index (κ3) is 4.47. The van der Waals surface area contributed by atoms with E-state index in [9.17, 15) is 22.4 Å². The van der Waals surface area contributed by atoms with Crippen LogP contribution in [-0.2, 0) is 6.54 Å². The summed E-state index contributed by atoms with van der Waals surface area (Å²) in [6, 6.07) is 11.6. The summed E-state index contributed by atoms with van der Waals surface area (Å²) in [4.78, 5) is 16.9. The van der Waals surface area contributed by atoms with Crippen LogP contribution >= 0.6 is 0 Å². The zero-order chi connectivity index (χ0) is 23.6. The lowest BCUT2D eigenvalue weighted by atomic mass is 10.1. The number of nitrogens with one attached hydrogen (secondary N) is 2. The number of amides is 1. The molecule has 1 aliphatic heterocycles. The number of carbonyl (C=O) groups is 1. The summed E-state index contributed by atoms with van der Waals surface area (Å²) in [5, 5.41) is 5.68. The van der Waals surface area contributed by atoms with Gasteiger partial charge in [0.05, 0.1) is 18.4 Å². The van der Waals surface area contributed by atoms with Crippen molar-refractivity contribution in [3.05, 3.63) is 72.1 Å². The van der Waals surface area contributed by atoms with Gasteiger partial charge in [-0.1, -0.05) is 6.07 Å². The summed E-state index contributed by atoms with van der Waals surface area (Å²) in [5.74, 6) is -1.41. The molecular weight excluding hydrogens is 446 g/mol. The number of benzene rings is 2. The van der Waals surface area contributed by atoms with Crippen LogP contribution in [-0.4, -0.2) is 30.2 Å². The predicted octanol–water partition coefficient (Wildman–Crippen LogP) is 4.91. The lowest BCUT2D eigenvalue weighted by molar-refractivity contribution is -0.391. The van der Waals surface area contributed by atoms with E-state index in [1.165, 1.54) is 13.2 Å². The molecule has 7 nitrogen and oxygen atoms in total. The quantitative estimate of drug-likeness (QED) is 0.506. The number of anilines is 2. The van der Waals surface area contributed by atoms with Gasteiger partial charge in [0.15, 0.2) is 11.5 Å². The minimum atomic E-state index is -4.86. The van der Waals surface area contributed by atoms with Crippen LogP contribution in [0.2, 0.25) is 0 Å². The van der Waals surface area contributed by atoms with Gasteiger partial charge in [-0.25, -0.2) is 0 Å². The number of pyridine rings is 1. The maximum Gasteiger partial charge on any atom is 0.507 e. The Balaban J connectivity index is 1.57. The van der Waals surface area contributed by atoms with E-state index in [4.69, 9.17) is 4.74 Å². The number of halogens is 4. The summed E-state index contributed by atoms with van der Waals surface area (Å²) >= 11 is 0. The van der Waals surface area contributed by atoms with E-state index in [0.717, 1.165) is 17.7 Å². The molecule has 4 rings (SSSR count). The molecule has 1 amide bonds. The van der Waals surface area contributed by atoms with Crippen LogP contribution in [0.4, 0.5) is 28.9 Å². The van der Waals surface area contributed by atoms with Crippen molar-refractivity contribution in [2.45, 2.75) is 18.8 Å². The van der Waals surface area contributed by atoms with Crippen molar-refractivity contribution >= 4 is 17.3 Å². The van der Waals surface area contributed by atoms with Crippen LogP contribution in [0.1, 0.15) is 15.9 Å². The average molecular weight is 463 g/mol. The highest BCUT2D eigenvalue weighted by Gasteiger charge is 2.65. The van der Waals surface area contributed by atoms with E-state index in [2.05, 4.69) is 25.1 Å². The van der Waals surface area contributed by atoms with Crippen LogP contribution < -0.4 is 24.8 Å². The maximum atomic E-state index is 13.5. The van der Waals surface area contributed by atoms with Gasteiger partial charge in [0.1, 0.15) is 5.75 Å². The van der Waals surface area contributed by atoms with E-state index in [-0.39, 0.29) is 11.3 Å². The van der Waals surface area contributed by atoms with E-state index in [0.29, 0.717) is 18.0 Å². The van der Waals surface area contributed by atoms with E-state index in [1.54, 1.807) is 42.7 Å². The molecule has 0 saturated heterocycles. The molecule has 11 heteroatoms. The van der Waals surface area contributed by atoms with Crippen molar-refractivity contribution in [3.8, 4) is 17.2 Å². The van der Waals surface area contributed by atoms with Crippen LogP contribution in [0, 0.1) is 0 Å². The molecule has 0 bridgehead atoms. The molecule has 0 aliphatic carbocycles. The molecule has 1 aromatic heterocycles. The van der Waals surface area contributed by atoms with Crippen LogP contribution in [0.5, 0.6) is 17.2 Å². The van der Waals surface area contributed by atoms with Gasteiger partial charge in [-0.05, 0) is 42.0 Å². The molecule has 2 aromatic carbocycles. The predicted molar refractivity (Wildman–Crippen MR) is 110 cm³/mol. The fourth-order valence-corrected chi connectivity index (χ4v) is 3.11. The smallest absolute Gasteiger partial charge is 0.495 e. The molecule has 1 aliphatic rings. The van der Waals surface area contributed by atoms with Crippen LogP contribution in [0.25, 0.3) is 0 Å². The van der Waals surface area contributed by atoms with Gasteiger partial charge in [-0.15, -0.1) is 0 Å². The number of methoxy groups -OCH3 is 1. The van der Waals surface area contributed by atoms with E-state index < -0.39 is 29.6 Å². The fourth-order valence-electron chi connectivity index (χ4n) is 3.11. The topological polar surface area (TPSA) is 81.7 Å². The van der Waals surface area contributed by atoms with Gasteiger partial charge in [0.25, 0.3) is 5.91 Å². The number of carbonyl (C=O) groups excluding carboxylic acids is 1. The second-order valence-electron chi connectivity index (χ2n) is 6.95. The van der Waals surface area contributed by atoms with Crippen molar-refractivity contribution in [2.75, 3.05) is 17.7 Å². The summed E-state index contributed by atoms with van der Waals surface area (Å²) in [5.41, 5.74) is 1.55. The Morgan fingerprint density at radius 1 is 1.00 bits per heavy atom. The van der Waals surface area contributed by atoms with E-state index in [1.807, 2.05) is 0 Å². The molecular formula is C22H17F4N3O4. The summed E-state index contributed by atoms with van der Waals surface area (Å²) in [6.07, 6.45) is -6.41. The SMILES string of the molecule is COc1cccc(C(=O)Nc2ccc3c(c2)OC(F)(F)C(F)(F)O3)c1NCc1ccncc1. The molecule has 172 valence electrons. The summed E-state index contributed by atoms with van der Waals surface area (Å²) in [6.45, 7) is 0.372. The van der Waals surface area contributed by atoms with Gasteiger partial charge in [-0.3, -0.25) is 9.78 Å². The molecule has 2 N–H and O–H groups in total. The molecule has 0 saturated carbocycles. The lowest BCUT2D eigenvalue weighted by Gasteiger charge is -2.31. The number of ether oxygens (including phenoxy) is 3. The molecule has 33 heavy (non-hydrogen) atoms. The number of aromatic nitrogens is 1.